The van der Waals surface area contributed by atoms with Crippen molar-refractivity contribution < 1.29 is 19.5 Å². The minimum Gasteiger partial charge on any atom is -0.481 e. The Bertz CT molecular complexity index is 1010. The SMILES string of the molecule is CC1(C)C(=O)CC[C@@]2(C)[C@H]3C(=O)C=C4[C@@H]5C[C@@](C)(C(=O)O)CC[C@]5(C)CC[C@@]4(C)[C@]3(C)CC[C@@H]12. The molecule has 34 heavy (non-hydrogen) atoms. The Labute approximate surface area is 205 Å². The lowest BCUT2D eigenvalue weighted by Gasteiger charge is -2.69. The number of aliphatic carboxylic acids is 1. The molecular formula is C30H44O4. The molecule has 0 aromatic heterocycles. The number of carboxylic acid groups (broad SMARTS) is 1. The average Bonchev–Trinajstić information content (AvgIpc) is 2.73. The van der Waals surface area contributed by atoms with Crippen LogP contribution in [0, 0.1) is 50.2 Å². The molecule has 5 aliphatic rings. The molecular weight excluding hydrogens is 424 g/mol. The molecule has 5 rings (SSSR count). The Morgan fingerprint density at radius 1 is 0.912 bits per heavy atom. The third-order valence-electron chi connectivity index (χ3n) is 12.8. The van der Waals surface area contributed by atoms with Crippen LogP contribution in [0.4, 0.5) is 0 Å². The molecule has 8 atom stereocenters. The molecule has 0 aromatic carbocycles. The highest BCUT2D eigenvalue weighted by molar-refractivity contribution is 5.96. The summed E-state index contributed by atoms with van der Waals surface area (Å²) in [4.78, 5) is 39.3. The number of carboxylic acids is 1. The number of fused-ring (bicyclic) bond motifs is 7. The maximum absolute atomic E-state index is 14.2. The van der Waals surface area contributed by atoms with Crippen LogP contribution >= 0.6 is 0 Å². The third kappa shape index (κ3) is 2.75. The second-order valence-corrected chi connectivity index (χ2v) is 14.7. The van der Waals surface area contributed by atoms with Gasteiger partial charge in [0.15, 0.2) is 5.78 Å². The Morgan fingerprint density at radius 3 is 2.21 bits per heavy atom. The zero-order chi connectivity index (χ0) is 25.1. The highest BCUT2D eigenvalue weighted by Crippen LogP contribution is 2.74. The fraction of sp³-hybridized carbons (Fsp3) is 0.833. The summed E-state index contributed by atoms with van der Waals surface area (Å²) in [5, 5.41) is 10.0. The van der Waals surface area contributed by atoms with E-state index in [9.17, 15) is 19.5 Å². The van der Waals surface area contributed by atoms with Gasteiger partial charge in [0, 0.05) is 17.8 Å². The van der Waals surface area contributed by atoms with Crippen LogP contribution < -0.4 is 0 Å². The van der Waals surface area contributed by atoms with E-state index in [1.54, 1.807) is 0 Å². The summed E-state index contributed by atoms with van der Waals surface area (Å²) >= 11 is 0. The lowest BCUT2D eigenvalue weighted by molar-refractivity contribution is -0.188. The van der Waals surface area contributed by atoms with Gasteiger partial charge in [-0.05, 0) is 97.9 Å². The van der Waals surface area contributed by atoms with E-state index in [1.807, 2.05) is 13.0 Å². The molecule has 1 N–H and O–H groups in total. The fourth-order valence-electron chi connectivity index (χ4n) is 10.2. The van der Waals surface area contributed by atoms with E-state index in [1.165, 1.54) is 5.57 Å². The lowest BCUT2D eigenvalue weighted by Crippen LogP contribution is -2.66. The van der Waals surface area contributed by atoms with E-state index >= 15 is 0 Å². The van der Waals surface area contributed by atoms with Crippen LogP contribution in [0.3, 0.4) is 0 Å². The smallest absolute Gasteiger partial charge is 0.309 e. The minimum absolute atomic E-state index is 0.0707. The third-order valence-corrected chi connectivity index (χ3v) is 12.8. The maximum atomic E-state index is 14.2. The molecule has 5 aliphatic carbocycles. The van der Waals surface area contributed by atoms with Crippen molar-refractivity contribution in [3.63, 3.8) is 0 Å². The molecule has 188 valence electrons. The molecule has 0 heterocycles. The molecule has 4 heteroatoms. The topological polar surface area (TPSA) is 71.4 Å². The van der Waals surface area contributed by atoms with Crippen molar-refractivity contribution in [3.05, 3.63) is 11.6 Å². The van der Waals surface area contributed by atoms with Crippen LogP contribution in [0.15, 0.2) is 11.6 Å². The summed E-state index contributed by atoms with van der Waals surface area (Å²) in [6.45, 7) is 15.5. The average molecular weight is 469 g/mol. The van der Waals surface area contributed by atoms with E-state index in [4.69, 9.17) is 0 Å². The quantitative estimate of drug-likeness (QED) is 0.469. The number of allylic oxidation sites excluding steroid dienone is 2. The Kier molecular flexibility index (Phi) is 4.89. The van der Waals surface area contributed by atoms with E-state index in [2.05, 4.69) is 41.5 Å². The first kappa shape index (κ1) is 24.3. The van der Waals surface area contributed by atoms with Crippen LogP contribution in [0.5, 0.6) is 0 Å². The van der Waals surface area contributed by atoms with Gasteiger partial charge in [0.05, 0.1) is 5.41 Å². The number of hydrogen-bond donors (Lipinski definition) is 1. The summed E-state index contributed by atoms with van der Waals surface area (Å²) in [6, 6.07) is 0. The van der Waals surface area contributed by atoms with Crippen molar-refractivity contribution in [1.82, 2.24) is 0 Å². The van der Waals surface area contributed by atoms with Gasteiger partial charge in [-0.15, -0.1) is 0 Å². The number of rotatable bonds is 1. The van der Waals surface area contributed by atoms with Crippen molar-refractivity contribution in [2.45, 2.75) is 106 Å². The number of carbonyl (C=O) groups is 3. The van der Waals surface area contributed by atoms with Gasteiger partial charge in [0.1, 0.15) is 5.78 Å². The Morgan fingerprint density at radius 2 is 1.56 bits per heavy atom. The zero-order valence-electron chi connectivity index (χ0n) is 22.3. The molecule has 0 aliphatic heterocycles. The van der Waals surface area contributed by atoms with Crippen molar-refractivity contribution in [2.24, 2.45) is 50.2 Å². The molecule has 0 unspecified atom stereocenters. The van der Waals surface area contributed by atoms with Crippen LogP contribution in [-0.4, -0.2) is 22.6 Å². The molecule has 4 saturated carbocycles. The number of Topliss-reactive ketones (excluding diaryl/α,β-unsaturated/α-hetero) is 1. The van der Waals surface area contributed by atoms with Gasteiger partial charge in [-0.3, -0.25) is 14.4 Å². The molecule has 0 radical (unpaired) electrons. The summed E-state index contributed by atoms with van der Waals surface area (Å²) in [7, 11) is 0. The molecule has 0 bridgehead atoms. The summed E-state index contributed by atoms with van der Waals surface area (Å²) in [5.74, 6) is 0.222. The number of ketones is 2. The van der Waals surface area contributed by atoms with Gasteiger partial charge in [0.25, 0.3) is 0 Å². The van der Waals surface area contributed by atoms with Gasteiger partial charge < -0.3 is 5.11 Å². The standard InChI is InChI=1S/C30H44O4/c1-25(2)21-8-11-30(7)23(28(21,5)10-9-22(25)32)20(31)16-18-19-17-27(4,24(33)34)13-12-26(19,3)14-15-29(18,30)6/h16,19,21,23H,8-15,17H2,1-7H3,(H,33,34)/t19-,21-,23+,26+,27-,28+,29+,30+/m0/s1. The monoisotopic (exact) mass is 468 g/mol. The molecule has 0 aromatic rings. The second-order valence-electron chi connectivity index (χ2n) is 14.7. The highest BCUT2D eigenvalue weighted by atomic mass is 16.4. The molecule has 0 spiro atoms. The maximum Gasteiger partial charge on any atom is 0.309 e. The summed E-state index contributed by atoms with van der Waals surface area (Å²) in [6.07, 6.45) is 9.78. The Hall–Kier alpha value is -1.45. The zero-order valence-corrected chi connectivity index (χ0v) is 22.3. The Balaban J connectivity index is 1.63. The van der Waals surface area contributed by atoms with Crippen LogP contribution in [0.25, 0.3) is 0 Å². The van der Waals surface area contributed by atoms with Gasteiger partial charge >= 0.3 is 5.97 Å². The first-order valence-electron chi connectivity index (χ1n) is 13.6. The van der Waals surface area contributed by atoms with E-state index in [0.29, 0.717) is 18.6 Å². The molecule has 4 nitrogen and oxygen atoms in total. The predicted octanol–water partition coefficient (Wildman–Crippen LogP) is 6.62. The van der Waals surface area contributed by atoms with Gasteiger partial charge in [-0.25, -0.2) is 0 Å². The lowest BCUT2D eigenvalue weighted by atomic mass is 9.33. The molecule has 0 amide bonds. The highest BCUT2D eigenvalue weighted by Gasteiger charge is 2.70. The minimum atomic E-state index is -0.721. The van der Waals surface area contributed by atoms with Crippen molar-refractivity contribution in [3.8, 4) is 0 Å². The molecule has 4 fully saturated rings. The van der Waals surface area contributed by atoms with E-state index in [-0.39, 0.29) is 50.6 Å². The van der Waals surface area contributed by atoms with Crippen LogP contribution in [0.1, 0.15) is 106 Å². The van der Waals surface area contributed by atoms with Crippen molar-refractivity contribution in [2.75, 3.05) is 0 Å². The fourth-order valence-corrected chi connectivity index (χ4v) is 10.2. The number of hydrogen-bond acceptors (Lipinski definition) is 3. The van der Waals surface area contributed by atoms with Gasteiger partial charge in [-0.1, -0.05) is 47.1 Å². The van der Waals surface area contributed by atoms with Gasteiger partial charge in [0.2, 0.25) is 0 Å². The first-order valence-corrected chi connectivity index (χ1v) is 13.6. The summed E-state index contributed by atoms with van der Waals surface area (Å²) in [5.41, 5.74) is -0.205. The largest absolute Gasteiger partial charge is 0.481 e. The van der Waals surface area contributed by atoms with Crippen molar-refractivity contribution in [1.29, 1.82) is 0 Å². The van der Waals surface area contributed by atoms with Crippen LogP contribution in [-0.2, 0) is 14.4 Å². The summed E-state index contributed by atoms with van der Waals surface area (Å²) < 4.78 is 0. The second kappa shape index (κ2) is 6.85. The van der Waals surface area contributed by atoms with Crippen LogP contribution in [0.2, 0.25) is 0 Å². The number of carbonyl (C=O) groups excluding carboxylic acids is 2. The van der Waals surface area contributed by atoms with E-state index < -0.39 is 11.4 Å². The normalized spacial score (nSPS) is 52.0. The predicted molar refractivity (Wildman–Crippen MR) is 132 cm³/mol. The van der Waals surface area contributed by atoms with Crippen molar-refractivity contribution >= 4 is 17.5 Å². The van der Waals surface area contributed by atoms with Gasteiger partial charge in [-0.2, -0.15) is 0 Å². The molecule has 0 saturated heterocycles. The first-order chi connectivity index (χ1) is 15.6. The van der Waals surface area contributed by atoms with E-state index in [0.717, 1.165) is 44.9 Å².